The summed E-state index contributed by atoms with van der Waals surface area (Å²) in [7, 11) is 0. The van der Waals surface area contributed by atoms with Gasteiger partial charge in [-0.15, -0.1) is 0 Å². The van der Waals surface area contributed by atoms with Crippen molar-refractivity contribution in [2.24, 2.45) is 5.92 Å². The minimum absolute atomic E-state index is 0.0704. The minimum Gasteiger partial charge on any atom is -0.393 e. The number of aliphatic hydroxyl groups excluding tert-OH is 1. The summed E-state index contributed by atoms with van der Waals surface area (Å²) in [6.07, 6.45) is 6.62. The van der Waals surface area contributed by atoms with Crippen molar-refractivity contribution in [3.8, 4) is 11.1 Å². The number of hydrogen-bond acceptors (Lipinski definition) is 8. The number of halogens is 2. The molecule has 5 rings (SSSR count). The third-order valence-corrected chi connectivity index (χ3v) is 7.98. The molecule has 1 saturated carbocycles. The molecule has 0 spiro atoms. The van der Waals surface area contributed by atoms with Crippen LogP contribution in [0.2, 0.25) is 0 Å². The second-order valence-electron chi connectivity index (χ2n) is 11.7. The highest BCUT2D eigenvalue weighted by Crippen LogP contribution is 2.38. The van der Waals surface area contributed by atoms with Crippen molar-refractivity contribution in [2.75, 3.05) is 31.2 Å². The molecule has 9 nitrogen and oxygen atoms in total. The van der Waals surface area contributed by atoms with Gasteiger partial charge in [-0.2, -0.15) is 13.9 Å². The van der Waals surface area contributed by atoms with Gasteiger partial charge in [-0.05, 0) is 69.2 Å². The van der Waals surface area contributed by atoms with Crippen LogP contribution in [-0.2, 0) is 15.9 Å². The Morgan fingerprint density at radius 2 is 1.95 bits per heavy atom. The Kier molecular flexibility index (Phi) is 8.65. The molecule has 1 aliphatic heterocycles. The monoisotopic (exact) mass is 559 g/mol. The summed E-state index contributed by atoms with van der Waals surface area (Å²) in [6.45, 7) is 4.20. The highest BCUT2D eigenvalue weighted by Gasteiger charge is 2.33. The number of ether oxygens (including phenoxy) is 2. The van der Waals surface area contributed by atoms with Crippen LogP contribution in [0, 0.1) is 5.92 Å². The number of aliphatic hydroxyl groups is 2. The first-order chi connectivity index (χ1) is 19.1. The van der Waals surface area contributed by atoms with Crippen molar-refractivity contribution >= 4 is 11.3 Å². The van der Waals surface area contributed by atoms with Crippen LogP contribution in [0.4, 0.5) is 14.6 Å². The van der Waals surface area contributed by atoms with Crippen molar-refractivity contribution in [3.63, 3.8) is 0 Å². The van der Waals surface area contributed by atoms with E-state index in [0.717, 1.165) is 53.8 Å². The molecular formula is C29H39F2N5O4. The fraction of sp³-hybridized carbons (Fsp3) is 0.621. The smallest absolute Gasteiger partial charge is 0.345 e. The predicted octanol–water partition coefficient (Wildman–Crippen LogP) is 4.20. The van der Waals surface area contributed by atoms with Gasteiger partial charge in [0, 0.05) is 42.9 Å². The van der Waals surface area contributed by atoms with Gasteiger partial charge in [-0.3, -0.25) is 0 Å². The summed E-state index contributed by atoms with van der Waals surface area (Å²) in [5.41, 5.74) is 2.91. The molecule has 4 heterocycles. The Labute approximate surface area is 233 Å². The number of rotatable bonds is 9. The Balaban J connectivity index is 1.48. The van der Waals surface area contributed by atoms with Crippen LogP contribution in [0.15, 0.2) is 30.6 Å². The minimum atomic E-state index is -2.80. The number of morpholine rings is 1. The molecule has 2 fully saturated rings. The Bertz CT molecular complexity index is 1290. The molecule has 40 heavy (non-hydrogen) atoms. The lowest BCUT2D eigenvalue weighted by Crippen LogP contribution is -2.52. The number of hydrogen-bond donors (Lipinski definition) is 2. The summed E-state index contributed by atoms with van der Waals surface area (Å²) in [4.78, 5) is 11.4. The SMILES string of the molecule is C[C@@H](COC(F)F)Cc1ncc2c(-c3ccnc(N4CCO[C@@H](C(C)(C)O)C4)c3)cc(C3CCC(O)CC3)n2n1. The maximum absolute atomic E-state index is 12.5. The van der Waals surface area contributed by atoms with Crippen LogP contribution in [0.1, 0.15) is 63.9 Å². The summed E-state index contributed by atoms with van der Waals surface area (Å²) < 4.78 is 37.3. The number of nitrogens with zero attached hydrogens (tertiary/aromatic N) is 5. The molecule has 2 atom stereocenters. The van der Waals surface area contributed by atoms with Gasteiger partial charge < -0.3 is 24.6 Å². The second-order valence-corrected chi connectivity index (χ2v) is 11.7. The van der Waals surface area contributed by atoms with Gasteiger partial charge in [-0.1, -0.05) is 6.92 Å². The highest BCUT2D eigenvalue weighted by atomic mass is 19.3. The average molecular weight is 560 g/mol. The Hall–Kier alpha value is -2.73. The Morgan fingerprint density at radius 3 is 2.67 bits per heavy atom. The molecule has 3 aromatic heterocycles. The second kappa shape index (κ2) is 12.0. The van der Waals surface area contributed by atoms with Gasteiger partial charge in [0.2, 0.25) is 0 Å². The first-order valence-corrected chi connectivity index (χ1v) is 14.1. The van der Waals surface area contributed by atoms with Crippen LogP contribution >= 0.6 is 0 Å². The zero-order valence-electron chi connectivity index (χ0n) is 23.3. The quantitative estimate of drug-likeness (QED) is 0.402. The molecule has 3 aromatic rings. The first kappa shape index (κ1) is 28.8. The predicted molar refractivity (Wildman–Crippen MR) is 147 cm³/mol. The standard InChI is InChI=1S/C29H39F2N5O4/c1-18(17-40-28(30)31)12-26-33-15-24-22(14-23(36(24)34-26)19-4-6-21(37)7-5-19)20-8-9-32-27(13-20)35-10-11-39-25(16-35)29(2,3)38/h8-9,13-15,18-19,21,25,28,37-38H,4-7,10-12,16-17H2,1-3H3/t18-,19?,21?,25-/m1/s1. The number of pyridine rings is 1. The molecule has 0 aromatic carbocycles. The maximum atomic E-state index is 12.5. The molecule has 0 amide bonds. The van der Waals surface area contributed by atoms with Crippen LogP contribution in [0.5, 0.6) is 0 Å². The van der Waals surface area contributed by atoms with E-state index in [1.165, 1.54) is 0 Å². The largest absolute Gasteiger partial charge is 0.393 e. The Morgan fingerprint density at radius 1 is 1.18 bits per heavy atom. The molecule has 11 heteroatoms. The number of fused-ring (bicyclic) bond motifs is 1. The van der Waals surface area contributed by atoms with Crippen molar-refractivity contribution in [1.82, 2.24) is 19.6 Å². The third kappa shape index (κ3) is 6.59. The third-order valence-electron chi connectivity index (χ3n) is 7.98. The molecule has 2 N–H and O–H groups in total. The summed E-state index contributed by atoms with van der Waals surface area (Å²) in [5.74, 6) is 1.44. The van der Waals surface area contributed by atoms with E-state index in [0.29, 0.717) is 31.9 Å². The normalized spacial score (nSPS) is 23.2. The van der Waals surface area contributed by atoms with Gasteiger partial charge in [-0.25, -0.2) is 14.5 Å². The van der Waals surface area contributed by atoms with Crippen LogP contribution in [0.25, 0.3) is 16.6 Å². The zero-order valence-corrected chi connectivity index (χ0v) is 23.3. The maximum Gasteiger partial charge on any atom is 0.345 e. The van der Waals surface area contributed by atoms with Crippen LogP contribution in [0.3, 0.4) is 0 Å². The van der Waals surface area contributed by atoms with E-state index >= 15 is 0 Å². The van der Waals surface area contributed by atoms with Gasteiger partial charge >= 0.3 is 6.61 Å². The molecule has 2 aliphatic rings. The zero-order chi connectivity index (χ0) is 28.4. The first-order valence-electron chi connectivity index (χ1n) is 14.1. The lowest BCUT2D eigenvalue weighted by atomic mass is 9.85. The average Bonchev–Trinajstić information content (AvgIpc) is 3.31. The van der Waals surface area contributed by atoms with Gasteiger partial charge in [0.25, 0.3) is 0 Å². The highest BCUT2D eigenvalue weighted by molar-refractivity contribution is 5.82. The van der Waals surface area contributed by atoms with E-state index in [4.69, 9.17) is 9.84 Å². The fourth-order valence-corrected chi connectivity index (χ4v) is 5.69. The molecule has 218 valence electrons. The molecule has 0 unspecified atom stereocenters. The van der Waals surface area contributed by atoms with E-state index in [1.54, 1.807) is 26.2 Å². The molecule has 1 saturated heterocycles. The fourth-order valence-electron chi connectivity index (χ4n) is 5.69. The van der Waals surface area contributed by atoms with E-state index in [2.05, 4.69) is 25.7 Å². The van der Waals surface area contributed by atoms with Crippen molar-refractivity contribution in [1.29, 1.82) is 0 Å². The number of anilines is 1. The summed E-state index contributed by atoms with van der Waals surface area (Å²) >= 11 is 0. The van der Waals surface area contributed by atoms with E-state index in [1.807, 2.05) is 23.6 Å². The number of aromatic nitrogens is 4. The summed E-state index contributed by atoms with van der Waals surface area (Å²) in [6, 6.07) is 6.19. The van der Waals surface area contributed by atoms with Crippen LogP contribution < -0.4 is 4.90 Å². The van der Waals surface area contributed by atoms with Crippen molar-refractivity contribution in [3.05, 3.63) is 42.1 Å². The van der Waals surface area contributed by atoms with E-state index in [-0.39, 0.29) is 30.7 Å². The van der Waals surface area contributed by atoms with Crippen molar-refractivity contribution < 1.29 is 28.5 Å². The molecule has 0 bridgehead atoms. The van der Waals surface area contributed by atoms with Crippen molar-refractivity contribution in [2.45, 2.75) is 83.2 Å². The van der Waals surface area contributed by atoms with Gasteiger partial charge in [0.05, 0.1) is 36.6 Å². The van der Waals surface area contributed by atoms with Gasteiger partial charge in [0.15, 0.2) is 0 Å². The van der Waals surface area contributed by atoms with E-state index < -0.39 is 12.2 Å². The summed E-state index contributed by atoms with van der Waals surface area (Å²) in [5, 5.41) is 25.4. The molecule has 0 radical (unpaired) electrons. The number of alkyl halides is 2. The topological polar surface area (TPSA) is 105 Å². The molecule has 1 aliphatic carbocycles. The lowest BCUT2D eigenvalue weighted by Gasteiger charge is -2.39. The van der Waals surface area contributed by atoms with E-state index in [9.17, 15) is 19.0 Å². The molecular weight excluding hydrogens is 520 g/mol. The van der Waals surface area contributed by atoms with Gasteiger partial charge in [0.1, 0.15) is 17.7 Å². The van der Waals surface area contributed by atoms with Crippen LogP contribution in [-0.4, -0.2) is 80.5 Å². The lowest BCUT2D eigenvalue weighted by molar-refractivity contribution is -0.136.